The van der Waals surface area contributed by atoms with Crippen LogP contribution in [0.3, 0.4) is 0 Å². The summed E-state index contributed by atoms with van der Waals surface area (Å²) in [6.45, 7) is 21.0. The van der Waals surface area contributed by atoms with Gasteiger partial charge in [-0.05, 0) is 60.5 Å². The van der Waals surface area contributed by atoms with E-state index in [4.69, 9.17) is 0 Å². The van der Waals surface area contributed by atoms with Crippen molar-refractivity contribution in [1.29, 1.82) is 0 Å². The van der Waals surface area contributed by atoms with Gasteiger partial charge in [-0.1, -0.05) is 87.8 Å². The highest BCUT2D eigenvalue weighted by molar-refractivity contribution is 6.21. The van der Waals surface area contributed by atoms with E-state index < -0.39 is 52.8 Å². The standard InChI is InChI=1S/C37H57N5O6/c1-12-15-22(4)28(23(5)43)39-31(44)29-24(21(2)3)18-19-41(29)34(47)30(37(9,10)11)40-35(48)38-27(36(6,7)8)20-42-32(45)25-16-13-14-17-26(25)33(42)46/h13-14,16-17,21-22,24,27-30H,12,15,18-20H2,1-11H3,(H,39,44)(H2,38,40,48)/t22-,24+,27+,28?,29-,30+/m0/s1. The minimum absolute atomic E-state index is 0.0460. The molecule has 1 aromatic rings. The minimum Gasteiger partial charge on any atom is -0.344 e. The Morgan fingerprint density at radius 3 is 1.90 bits per heavy atom. The zero-order chi connectivity index (χ0) is 36.3. The average Bonchev–Trinajstić information content (AvgIpc) is 3.53. The maximum Gasteiger partial charge on any atom is 0.315 e. The number of carbonyl (C=O) groups is 6. The van der Waals surface area contributed by atoms with Crippen LogP contribution in [0.15, 0.2) is 24.3 Å². The topological polar surface area (TPSA) is 145 Å². The largest absolute Gasteiger partial charge is 0.344 e. The van der Waals surface area contributed by atoms with Gasteiger partial charge in [-0.25, -0.2) is 4.79 Å². The van der Waals surface area contributed by atoms with E-state index in [0.29, 0.717) is 24.1 Å². The molecule has 3 N–H and O–H groups in total. The van der Waals surface area contributed by atoms with Gasteiger partial charge in [0.15, 0.2) is 5.78 Å². The normalized spacial score (nSPS) is 20.7. The molecule has 0 aliphatic carbocycles. The third-order valence-corrected chi connectivity index (χ3v) is 9.88. The number of nitrogens with zero attached hydrogens (tertiary/aromatic N) is 2. The summed E-state index contributed by atoms with van der Waals surface area (Å²) in [5, 5.41) is 8.80. The van der Waals surface area contributed by atoms with Gasteiger partial charge in [0.2, 0.25) is 11.8 Å². The molecular formula is C37H57N5O6. The molecule has 48 heavy (non-hydrogen) atoms. The van der Waals surface area contributed by atoms with Gasteiger partial charge < -0.3 is 20.9 Å². The molecule has 0 aromatic heterocycles. The van der Waals surface area contributed by atoms with Crippen LogP contribution in [0.2, 0.25) is 0 Å². The Bertz CT molecular complexity index is 1360. The summed E-state index contributed by atoms with van der Waals surface area (Å²) in [5.74, 6) is -1.76. The molecule has 0 bridgehead atoms. The van der Waals surface area contributed by atoms with Gasteiger partial charge in [-0.2, -0.15) is 0 Å². The first-order valence-electron chi connectivity index (χ1n) is 17.3. The summed E-state index contributed by atoms with van der Waals surface area (Å²) in [6.07, 6.45) is 2.27. The molecule has 6 atom stereocenters. The number of hydrogen-bond acceptors (Lipinski definition) is 6. The quantitative estimate of drug-likeness (QED) is 0.273. The molecule has 11 heteroatoms. The van der Waals surface area contributed by atoms with Crippen molar-refractivity contribution in [2.75, 3.05) is 13.1 Å². The van der Waals surface area contributed by atoms with Crippen LogP contribution in [0.1, 0.15) is 116 Å². The molecule has 3 rings (SSSR count). The Morgan fingerprint density at radius 1 is 0.875 bits per heavy atom. The second-order valence-corrected chi connectivity index (χ2v) is 16.1. The van der Waals surface area contributed by atoms with Crippen LogP contribution >= 0.6 is 0 Å². The van der Waals surface area contributed by atoms with Crippen LogP contribution in [0.5, 0.6) is 0 Å². The molecule has 0 saturated carbocycles. The van der Waals surface area contributed by atoms with Gasteiger partial charge in [-0.3, -0.25) is 28.9 Å². The number of likely N-dealkylation sites (tertiary alicyclic amines) is 1. The summed E-state index contributed by atoms with van der Waals surface area (Å²) in [6, 6.07) is 2.94. The fourth-order valence-electron chi connectivity index (χ4n) is 6.87. The van der Waals surface area contributed by atoms with Crippen LogP contribution in [0.4, 0.5) is 4.79 Å². The van der Waals surface area contributed by atoms with E-state index in [0.717, 1.165) is 17.7 Å². The number of rotatable bonds is 12. The van der Waals surface area contributed by atoms with Gasteiger partial charge in [0, 0.05) is 6.54 Å². The summed E-state index contributed by atoms with van der Waals surface area (Å²) in [5.41, 5.74) is -0.630. The Kier molecular flexibility index (Phi) is 12.3. The lowest BCUT2D eigenvalue weighted by molar-refractivity contribution is -0.143. The second kappa shape index (κ2) is 15.2. The fraction of sp³-hybridized carbons (Fsp3) is 0.676. The van der Waals surface area contributed by atoms with E-state index in [1.54, 1.807) is 29.2 Å². The van der Waals surface area contributed by atoms with Gasteiger partial charge in [0.1, 0.15) is 12.1 Å². The van der Waals surface area contributed by atoms with Crippen molar-refractivity contribution < 1.29 is 28.8 Å². The molecule has 1 saturated heterocycles. The molecule has 2 aliphatic heterocycles. The highest BCUT2D eigenvalue weighted by Crippen LogP contribution is 2.34. The summed E-state index contributed by atoms with van der Waals surface area (Å²) >= 11 is 0. The first-order valence-corrected chi connectivity index (χ1v) is 17.3. The second-order valence-electron chi connectivity index (χ2n) is 16.1. The van der Waals surface area contributed by atoms with Gasteiger partial charge in [-0.15, -0.1) is 0 Å². The number of nitrogens with one attached hydrogen (secondary N) is 3. The third kappa shape index (κ3) is 8.63. The maximum absolute atomic E-state index is 14.4. The summed E-state index contributed by atoms with van der Waals surface area (Å²) < 4.78 is 0. The maximum atomic E-state index is 14.4. The molecule has 1 aromatic carbocycles. The molecule has 0 radical (unpaired) electrons. The van der Waals surface area contributed by atoms with E-state index in [1.807, 2.05) is 69.2 Å². The van der Waals surface area contributed by atoms with Gasteiger partial charge in [0.05, 0.1) is 29.8 Å². The minimum atomic E-state index is -0.999. The van der Waals surface area contributed by atoms with Crippen molar-refractivity contribution in [1.82, 2.24) is 25.8 Å². The highest BCUT2D eigenvalue weighted by atomic mass is 16.2. The lowest BCUT2D eigenvalue weighted by atomic mass is 9.84. The number of Topliss-reactive ketones (excluding diaryl/α,β-unsaturated/α-hetero) is 1. The van der Waals surface area contributed by atoms with Gasteiger partial charge in [0.25, 0.3) is 11.8 Å². The Hall–Kier alpha value is -3.76. The van der Waals surface area contributed by atoms with E-state index in [2.05, 4.69) is 16.0 Å². The summed E-state index contributed by atoms with van der Waals surface area (Å²) in [4.78, 5) is 83.5. The number of ketones is 1. The Morgan fingerprint density at radius 2 is 1.44 bits per heavy atom. The first-order chi connectivity index (χ1) is 22.2. The van der Waals surface area contributed by atoms with Crippen LogP contribution < -0.4 is 16.0 Å². The molecule has 2 heterocycles. The molecule has 1 unspecified atom stereocenters. The smallest absolute Gasteiger partial charge is 0.315 e. The first kappa shape index (κ1) is 38.7. The lowest BCUT2D eigenvalue weighted by Crippen LogP contribution is -2.62. The molecule has 6 amide bonds. The van der Waals surface area contributed by atoms with Crippen molar-refractivity contribution in [3.05, 3.63) is 35.4 Å². The summed E-state index contributed by atoms with van der Waals surface area (Å²) in [7, 11) is 0. The zero-order valence-electron chi connectivity index (χ0n) is 30.7. The van der Waals surface area contributed by atoms with Crippen molar-refractivity contribution in [2.45, 2.75) is 120 Å². The zero-order valence-corrected chi connectivity index (χ0v) is 30.7. The van der Waals surface area contributed by atoms with E-state index >= 15 is 0 Å². The predicted molar refractivity (Wildman–Crippen MR) is 185 cm³/mol. The van der Waals surface area contributed by atoms with E-state index in [-0.39, 0.29) is 41.9 Å². The number of imide groups is 1. The number of urea groups is 1. The number of carbonyl (C=O) groups excluding carboxylic acids is 6. The van der Waals surface area contributed by atoms with Crippen molar-refractivity contribution >= 4 is 35.4 Å². The number of amides is 6. The Labute approximate surface area is 286 Å². The molecule has 266 valence electrons. The number of benzene rings is 1. The monoisotopic (exact) mass is 667 g/mol. The van der Waals surface area contributed by atoms with Gasteiger partial charge >= 0.3 is 6.03 Å². The predicted octanol–water partition coefficient (Wildman–Crippen LogP) is 4.79. The molecule has 2 aliphatic rings. The SMILES string of the molecule is CCC[C@H](C)C(NC(=O)[C@@H]1[C@@H](C(C)C)CCN1C(=O)[C@@H](NC(=O)N[C@H](CN1C(=O)c2ccccc2C1=O)C(C)(C)C)C(C)(C)C)C(C)=O. The number of fused-ring (bicyclic) bond motifs is 1. The third-order valence-electron chi connectivity index (χ3n) is 9.88. The van der Waals surface area contributed by atoms with Crippen molar-refractivity contribution in [2.24, 2.45) is 28.6 Å². The van der Waals surface area contributed by atoms with Crippen molar-refractivity contribution in [3.8, 4) is 0 Å². The van der Waals surface area contributed by atoms with E-state index in [1.165, 1.54) is 6.92 Å². The average molecular weight is 668 g/mol. The molecule has 11 nitrogen and oxygen atoms in total. The van der Waals surface area contributed by atoms with Crippen LogP contribution in [-0.2, 0) is 14.4 Å². The molecular weight excluding hydrogens is 610 g/mol. The lowest BCUT2D eigenvalue weighted by Gasteiger charge is -2.38. The van der Waals surface area contributed by atoms with Crippen LogP contribution in [-0.4, -0.2) is 82.5 Å². The fourth-order valence-corrected chi connectivity index (χ4v) is 6.87. The van der Waals surface area contributed by atoms with Crippen LogP contribution in [0, 0.1) is 28.6 Å². The Balaban J connectivity index is 1.84. The van der Waals surface area contributed by atoms with E-state index in [9.17, 15) is 28.8 Å². The molecule has 1 fully saturated rings. The van der Waals surface area contributed by atoms with Crippen molar-refractivity contribution in [3.63, 3.8) is 0 Å². The van der Waals surface area contributed by atoms with Crippen LogP contribution in [0.25, 0.3) is 0 Å². The molecule has 0 spiro atoms. The highest BCUT2D eigenvalue weighted by Gasteiger charge is 2.48. The number of hydrogen-bond donors (Lipinski definition) is 3.